The Labute approximate surface area is 220 Å². The maximum atomic E-state index is 12.7. The van der Waals surface area contributed by atoms with Crippen LogP contribution in [0, 0.1) is 10.1 Å². The van der Waals surface area contributed by atoms with Crippen LogP contribution in [0.15, 0.2) is 60.8 Å². The van der Waals surface area contributed by atoms with Gasteiger partial charge in [-0.3, -0.25) is 19.7 Å². The van der Waals surface area contributed by atoms with Gasteiger partial charge in [0.15, 0.2) is 0 Å². The summed E-state index contributed by atoms with van der Waals surface area (Å²) in [7, 11) is 0. The Morgan fingerprint density at radius 3 is 2.36 bits per heavy atom. The largest absolute Gasteiger partial charge is 0.471 e. The van der Waals surface area contributed by atoms with Crippen LogP contribution in [0.3, 0.4) is 0 Å². The van der Waals surface area contributed by atoms with E-state index in [0.717, 1.165) is 10.6 Å². The topological polar surface area (TPSA) is 147 Å². The van der Waals surface area contributed by atoms with Crippen LogP contribution in [0.25, 0.3) is 0 Å². The molecule has 0 radical (unpaired) electrons. The van der Waals surface area contributed by atoms with Gasteiger partial charge in [0.2, 0.25) is 0 Å². The van der Waals surface area contributed by atoms with Gasteiger partial charge in [0, 0.05) is 68.5 Å². The smallest absolute Gasteiger partial charge is 0.380 e. The highest BCUT2D eigenvalue weighted by Gasteiger charge is 2.43. The van der Waals surface area contributed by atoms with E-state index >= 15 is 0 Å². The van der Waals surface area contributed by atoms with Crippen molar-refractivity contribution >= 4 is 40.4 Å². The number of hydrogen-bond donors (Lipinski definition) is 3. The number of anilines is 4. The lowest BCUT2D eigenvalue weighted by Gasteiger charge is -2.36. The van der Waals surface area contributed by atoms with Crippen molar-refractivity contribution in [1.82, 2.24) is 9.88 Å². The summed E-state index contributed by atoms with van der Waals surface area (Å²) in [6.45, 7) is 0.678. The van der Waals surface area contributed by atoms with Gasteiger partial charge in [-0.1, -0.05) is 12.1 Å². The molecule has 4 N–H and O–H groups in total. The number of alkyl halides is 3. The van der Waals surface area contributed by atoms with Crippen LogP contribution in [-0.2, 0) is 11.3 Å². The number of carbonyl (C=O) groups is 2. The highest BCUT2D eigenvalue weighted by atomic mass is 19.4. The lowest BCUT2D eigenvalue weighted by molar-refractivity contribution is -0.384. The number of nitro benzene ring substituents is 1. The van der Waals surface area contributed by atoms with Crippen LogP contribution in [-0.4, -0.2) is 59.0 Å². The van der Waals surface area contributed by atoms with Crippen molar-refractivity contribution in [2.45, 2.75) is 12.7 Å². The molecule has 0 aliphatic carbocycles. The molecule has 0 bridgehead atoms. The third-order valence-corrected chi connectivity index (χ3v) is 6.09. The van der Waals surface area contributed by atoms with Gasteiger partial charge in [-0.15, -0.1) is 0 Å². The molecule has 4 rings (SSSR count). The van der Waals surface area contributed by atoms with Gasteiger partial charge in [-0.25, -0.2) is 4.98 Å². The molecule has 1 aromatic heterocycles. The van der Waals surface area contributed by atoms with E-state index in [0.29, 0.717) is 22.8 Å². The number of nitro groups is 1. The van der Waals surface area contributed by atoms with Crippen molar-refractivity contribution in [2.75, 3.05) is 41.7 Å². The van der Waals surface area contributed by atoms with Gasteiger partial charge in [0.05, 0.1) is 16.2 Å². The fraction of sp³-hybridized carbons (Fsp3) is 0.240. The first-order chi connectivity index (χ1) is 18.5. The normalized spacial score (nSPS) is 13.6. The Kier molecular flexibility index (Phi) is 7.83. The van der Waals surface area contributed by atoms with Crippen LogP contribution in [0.2, 0.25) is 0 Å². The number of rotatable bonds is 8. The number of nitrogens with zero attached hydrogens (tertiary/aromatic N) is 4. The van der Waals surface area contributed by atoms with E-state index in [-0.39, 0.29) is 44.0 Å². The number of carbonyl (C=O) groups excluding carboxylic acids is 2. The molecule has 2 heterocycles. The second-order valence-corrected chi connectivity index (χ2v) is 8.71. The number of piperazine rings is 1. The molecule has 0 unspecified atom stereocenters. The molecular weight excluding hydrogens is 519 g/mol. The lowest BCUT2D eigenvalue weighted by Crippen LogP contribution is -2.52. The Morgan fingerprint density at radius 2 is 1.74 bits per heavy atom. The van der Waals surface area contributed by atoms with E-state index < -0.39 is 22.9 Å². The summed E-state index contributed by atoms with van der Waals surface area (Å²) >= 11 is 0. The number of pyridine rings is 1. The van der Waals surface area contributed by atoms with E-state index in [1.165, 1.54) is 18.3 Å². The quantitative estimate of drug-likeness (QED) is 0.288. The SMILES string of the molecule is NC(=O)c1cnc(Nc2ccc(N3CCN(C(=O)C(F)(F)F)CC3)cc2)cc1NCc1cccc([N+](=O)[O-])c1. The number of halogens is 3. The van der Waals surface area contributed by atoms with E-state index in [2.05, 4.69) is 15.6 Å². The summed E-state index contributed by atoms with van der Waals surface area (Å²) in [5, 5.41) is 17.2. The van der Waals surface area contributed by atoms with E-state index in [4.69, 9.17) is 5.73 Å². The van der Waals surface area contributed by atoms with Gasteiger partial charge in [0.1, 0.15) is 5.82 Å². The number of hydrogen-bond acceptors (Lipinski definition) is 8. The molecule has 3 aromatic rings. The van der Waals surface area contributed by atoms with Crippen LogP contribution >= 0.6 is 0 Å². The second-order valence-electron chi connectivity index (χ2n) is 8.71. The number of non-ortho nitro benzene ring substituents is 1. The molecule has 14 heteroatoms. The molecule has 39 heavy (non-hydrogen) atoms. The molecule has 2 amide bonds. The predicted molar refractivity (Wildman–Crippen MR) is 138 cm³/mol. The molecule has 1 saturated heterocycles. The predicted octanol–water partition coefficient (Wildman–Crippen LogP) is 3.66. The van der Waals surface area contributed by atoms with E-state index in [9.17, 15) is 32.9 Å². The minimum Gasteiger partial charge on any atom is -0.380 e. The number of amides is 2. The fourth-order valence-electron chi connectivity index (χ4n) is 4.09. The molecule has 204 valence electrons. The van der Waals surface area contributed by atoms with Crippen LogP contribution in [0.5, 0.6) is 0 Å². The second kappa shape index (κ2) is 11.2. The lowest BCUT2D eigenvalue weighted by atomic mass is 10.1. The zero-order valence-electron chi connectivity index (χ0n) is 20.4. The van der Waals surface area contributed by atoms with Crippen LogP contribution in [0.4, 0.5) is 41.7 Å². The monoisotopic (exact) mass is 543 g/mol. The first kappa shape index (κ1) is 27.2. The number of nitrogens with two attached hydrogens (primary N) is 1. The summed E-state index contributed by atoms with van der Waals surface area (Å²) in [6, 6.07) is 14.8. The minimum absolute atomic E-state index is 0.0272. The average molecular weight is 544 g/mol. The molecule has 11 nitrogen and oxygen atoms in total. The van der Waals surface area contributed by atoms with Crippen LogP contribution < -0.4 is 21.3 Å². The first-order valence-corrected chi connectivity index (χ1v) is 11.8. The molecule has 1 aliphatic heterocycles. The van der Waals surface area contributed by atoms with Gasteiger partial charge in [0.25, 0.3) is 11.6 Å². The van der Waals surface area contributed by atoms with Crippen molar-refractivity contribution in [1.29, 1.82) is 0 Å². The highest BCUT2D eigenvalue weighted by molar-refractivity contribution is 5.98. The molecule has 1 aliphatic rings. The Balaban J connectivity index is 1.41. The molecule has 0 atom stereocenters. The Hall–Kier alpha value is -4.88. The van der Waals surface area contributed by atoms with Crippen LogP contribution in [0.1, 0.15) is 15.9 Å². The maximum Gasteiger partial charge on any atom is 0.471 e. The van der Waals surface area contributed by atoms with Gasteiger partial charge in [-0.05, 0) is 29.8 Å². The summed E-state index contributed by atoms with van der Waals surface area (Å²) in [5.74, 6) is -2.12. The zero-order valence-corrected chi connectivity index (χ0v) is 20.4. The summed E-state index contributed by atoms with van der Waals surface area (Å²) in [5.41, 5.74) is 8.02. The van der Waals surface area contributed by atoms with E-state index in [1.54, 1.807) is 42.5 Å². The Bertz CT molecular complexity index is 1370. The van der Waals surface area contributed by atoms with Gasteiger partial charge >= 0.3 is 12.1 Å². The summed E-state index contributed by atoms with van der Waals surface area (Å²) in [6.07, 6.45) is -3.56. The minimum atomic E-state index is -4.88. The standard InChI is InChI=1S/C25H24F3N7O4/c26-25(27,28)24(37)34-10-8-33(9-11-34)18-6-4-17(5-7-18)32-22-13-21(20(15-31-22)23(29)36)30-14-16-2-1-3-19(12-16)35(38)39/h1-7,12-13,15H,8-11,14H2,(H2,29,36)(H2,30,31,32). The number of primary amides is 1. The average Bonchev–Trinajstić information content (AvgIpc) is 2.91. The number of benzene rings is 2. The van der Waals surface area contributed by atoms with Crippen molar-refractivity contribution in [3.8, 4) is 0 Å². The maximum absolute atomic E-state index is 12.7. The molecule has 0 saturated carbocycles. The van der Waals surface area contributed by atoms with E-state index in [1.807, 2.05) is 4.90 Å². The number of nitrogens with one attached hydrogen (secondary N) is 2. The van der Waals surface area contributed by atoms with Crippen molar-refractivity contribution in [3.05, 3.63) is 82.0 Å². The highest BCUT2D eigenvalue weighted by Crippen LogP contribution is 2.26. The fourth-order valence-corrected chi connectivity index (χ4v) is 4.09. The molecule has 0 spiro atoms. The first-order valence-electron chi connectivity index (χ1n) is 11.8. The van der Waals surface area contributed by atoms with Gasteiger partial charge < -0.3 is 26.2 Å². The molecule has 2 aromatic carbocycles. The van der Waals surface area contributed by atoms with Crippen molar-refractivity contribution in [3.63, 3.8) is 0 Å². The third-order valence-electron chi connectivity index (χ3n) is 6.09. The number of aromatic nitrogens is 1. The molecule has 1 fully saturated rings. The Morgan fingerprint density at radius 1 is 1.05 bits per heavy atom. The van der Waals surface area contributed by atoms with Crippen molar-refractivity contribution in [2.24, 2.45) is 5.73 Å². The summed E-state index contributed by atoms with van der Waals surface area (Å²) < 4.78 is 38.0. The molecular formula is C25H24F3N7O4. The van der Waals surface area contributed by atoms with Crippen molar-refractivity contribution < 1.29 is 27.7 Å². The zero-order chi connectivity index (χ0) is 28.2. The third kappa shape index (κ3) is 6.71. The van der Waals surface area contributed by atoms with Gasteiger partial charge in [-0.2, -0.15) is 13.2 Å². The summed E-state index contributed by atoms with van der Waals surface area (Å²) in [4.78, 5) is 40.8.